The first-order valence-electron chi connectivity index (χ1n) is 8.34. The number of hydrogen-bond donors (Lipinski definition) is 3. The van der Waals surface area contributed by atoms with Gasteiger partial charge < -0.3 is 14.9 Å². The summed E-state index contributed by atoms with van der Waals surface area (Å²) in [6.45, 7) is 0. The summed E-state index contributed by atoms with van der Waals surface area (Å²) in [6.07, 6.45) is 0. The van der Waals surface area contributed by atoms with Crippen molar-refractivity contribution in [2.45, 2.75) is 0 Å². The van der Waals surface area contributed by atoms with Gasteiger partial charge in [0.1, 0.15) is 11.3 Å². The number of nitrogens with zero attached hydrogens (tertiary/aromatic N) is 3. The maximum absolute atomic E-state index is 12.2. The van der Waals surface area contributed by atoms with Crippen LogP contribution in [0.1, 0.15) is 10.4 Å². The van der Waals surface area contributed by atoms with Gasteiger partial charge in [-0.05, 0) is 36.4 Å². The molecule has 0 fully saturated rings. The minimum atomic E-state index is -0.355. The fraction of sp³-hybridized carbons (Fsp3) is 0.0526. The highest BCUT2D eigenvalue weighted by molar-refractivity contribution is 6.03. The predicted molar refractivity (Wildman–Crippen MR) is 103 cm³/mol. The number of rotatable bonds is 5. The standard InChI is InChI=1S/C19H16N6O3/c1-27-13-9-7-11(8-10-13)15-14(16(20)23-22-15)18-24-25-19(28-18)21-17(26)12-5-3-2-4-6-12/h2-10H,1H3,(H3,20,22,23)(H,21,25,26). The highest BCUT2D eigenvalue weighted by atomic mass is 16.5. The zero-order chi connectivity index (χ0) is 19.5. The fourth-order valence-corrected chi connectivity index (χ4v) is 2.67. The van der Waals surface area contributed by atoms with Crippen LogP contribution >= 0.6 is 0 Å². The SMILES string of the molecule is COc1ccc(-c2[nH]nc(N)c2-c2nnc(NC(=O)c3ccccc3)o2)cc1. The van der Waals surface area contributed by atoms with Gasteiger partial charge >= 0.3 is 6.01 Å². The van der Waals surface area contributed by atoms with E-state index in [2.05, 4.69) is 25.7 Å². The van der Waals surface area contributed by atoms with E-state index in [1.165, 1.54) is 0 Å². The quantitative estimate of drug-likeness (QED) is 0.488. The second kappa shape index (κ2) is 7.23. The monoisotopic (exact) mass is 376 g/mol. The van der Waals surface area contributed by atoms with Crippen molar-refractivity contribution in [1.29, 1.82) is 0 Å². The second-order valence-electron chi connectivity index (χ2n) is 5.82. The smallest absolute Gasteiger partial charge is 0.322 e. The molecule has 0 bridgehead atoms. The van der Waals surface area contributed by atoms with Crippen LogP contribution < -0.4 is 15.8 Å². The van der Waals surface area contributed by atoms with E-state index in [9.17, 15) is 4.79 Å². The lowest BCUT2D eigenvalue weighted by Crippen LogP contribution is -2.11. The molecule has 0 unspecified atom stereocenters. The number of hydrogen-bond acceptors (Lipinski definition) is 7. The van der Waals surface area contributed by atoms with E-state index in [0.717, 1.165) is 11.3 Å². The van der Waals surface area contributed by atoms with E-state index in [1.54, 1.807) is 31.4 Å². The Morgan fingerprint density at radius 3 is 2.57 bits per heavy atom. The molecule has 0 aliphatic heterocycles. The second-order valence-corrected chi connectivity index (χ2v) is 5.82. The average Bonchev–Trinajstić information content (AvgIpc) is 3.34. The third-order valence-corrected chi connectivity index (χ3v) is 4.07. The van der Waals surface area contributed by atoms with Gasteiger partial charge in [-0.1, -0.05) is 23.3 Å². The zero-order valence-corrected chi connectivity index (χ0v) is 14.8. The van der Waals surface area contributed by atoms with Gasteiger partial charge in [-0.25, -0.2) is 0 Å². The van der Waals surface area contributed by atoms with Gasteiger partial charge in [0, 0.05) is 11.1 Å². The molecule has 0 aliphatic carbocycles. The average molecular weight is 376 g/mol. The summed E-state index contributed by atoms with van der Waals surface area (Å²) in [6, 6.07) is 16.0. The molecular formula is C19H16N6O3. The minimum Gasteiger partial charge on any atom is -0.497 e. The van der Waals surface area contributed by atoms with Crippen molar-refractivity contribution in [2.75, 3.05) is 18.2 Å². The van der Waals surface area contributed by atoms with Crippen LogP contribution in [0.3, 0.4) is 0 Å². The molecule has 0 atom stereocenters. The normalized spacial score (nSPS) is 10.6. The van der Waals surface area contributed by atoms with E-state index in [0.29, 0.717) is 16.8 Å². The molecule has 9 nitrogen and oxygen atoms in total. The molecule has 2 heterocycles. The fourth-order valence-electron chi connectivity index (χ4n) is 2.67. The Labute approximate surface area is 159 Å². The van der Waals surface area contributed by atoms with Crippen LogP contribution in [0.2, 0.25) is 0 Å². The molecule has 140 valence electrons. The Morgan fingerprint density at radius 1 is 1.11 bits per heavy atom. The number of carbonyl (C=O) groups excluding carboxylic acids is 1. The number of nitrogens with one attached hydrogen (secondary N) is 2. The summed E-state index contributed by atoms with van der Waals surface area (Å²) in [5, 5.41) is 17.3. The van der Waals surface area contributed by atoms with E-state index in [4.69, 9.17) is 14.9 Å². The number of carbonyl (C=O) groups is 1. The third-order valence-electron chi connectivity index (χ3n) is 4.07. The lowest BCUT2D eigenvalue weighted by Gasteiger charge is -2.03. The maximum Gasteiger partial charge on any atom is 0.322 e. The molecule has 2 aromatic carbocycles. The van der Waals surface area contributed by atoms with Crippen molar-refractivity contribution >= 4 is 17.7 Å². The molecule has 1 amide bonds. The van der Waals surface area contributed by atoms with Gasteiger partial charge in [-0.15, -0.1) is 5.10 Å². The van der Waals surface area contributed by atoms with Crippen LogP contribution in [0.4, 0.5) is 11.8 Å². The van der Waals surface area contributed by atoms with E-state index in [-0.39, 0.29) is 23.6 Å². The van der Waals surface area contributed by atoms with Gasteiger partial charge in [0.05, 0.1) is 12.8 Å². The molecule has 0 spiro atoms. The Hall–Kier alpha value is -4.14. The number of aromatic nitrogens is 4. The summed E-state index contributed by atoms with van der Waals surface area (Å²) in [4.78, 5) is 12.2. The summed E-state index contributed by atoms with van der Waals surface area (Å²) < 4.78 is 10.8. The van der Waals surface area contributed by atoms with Crippen LogP contribution in [0.5, 0.6) is 5.75 Å². The molecular weight excluding hydrogens is 360 g/mol. The molecule has 0 saturated carbocycles. The number of benzene rings is 2. The van der Waals surface area contributed by atoms with Crippen LogP contribution in [0.15, 0.2) is 59.0 Å². The molecule has 0 aliphatic rings. The number of methoxy groups -OCH3 is 1. The summed E-state index contributed by atoms with van der Waals surface area (Å²) >= 11 is 0. The first-order chi connectivity index (χ1) is 13.7. The van der Waals surface area contributed by atoms with Gasteiger partial charge in [0.25, 0.3) is 11.8 Å². The van der Waals surface area contributed by atoms with Crippen molar-refractivity contribution < 1.29 is 13.9 Å². The largest absolute Gasteiger partial charge is 0.497 e. The van der Waals surface area contributed by atoms with Crippen LogP contribution in [0.25, 0.3) is 22.7 Å². The van der Waals surface area contributed by atoms with Crippen molar-refractivity contribution in [3.63, 3.8) is 0 Å². The maximum atomic E-state index is 12.2. The highest BCUT2D eigenvalue weighted by Crippen LogP contribution is 2.35. The molecule has 0 saturated heterocycles. The first kappa shape index (κ1) is 17.3. The van der Waals surface area contributed by atoms with E-state index >= 15 is 0 Å². The molecule has 4 aromatic rings. The lowest BCUT2D eigenvalue weighted by molar-refractivity contribution is 0.102. The number of nitrogens with two attached hydrogens (primary N) is 1. The van der Waals surface area contributed by atoms with Crippen molar-refractivity contribution in [2.24, 2.45) is 0 Å². The van der Waals surface area contributed by atoms with Gasteiger partial charge in [0.15, 0.2) is 5.82 Å². The van der Waals surface area contributed by atoms with Crippen LogP contribution in [0, 0.1) is 0 Å². The Kier molecular flexibility index (Phi) is 4.47. The number of ether oxygens (including phenoxy) is 1. The molecule has 0 radical (unpaired) electrons. The molecule has 4 rings (SSSR count). The Bertz CT molecular complexity index is 1100. The highest BCUT2D eigenvalue weighted by Gasteiger charge is 2.21. The number of H-pyrrole nitrogens is 1. The Balaban J connectivity index is 1.62. The zero-order valence-electron chi connectivity index (χ0n) is 14.8. The lowest BCUT2D eigenvalue weighted by atomic mass is 10.1. The van der Waals surface area contributed by atoms with Gasteiger partial charge in [0.2, 0.25) is 0 Å². The van der Waals surface area contributed by atoms with E-state index in [1.807, 2.05) is 30.3 Å². The predicted octanol–water partition coefficient (Wildman–Crippen LogP) is 2.97. The molecule has 2 aromatic heterocycles. The van der Waals surface area contributed by atoms with Crippen LogP contribution in [-0.2, 0) is 0 Å². The minimum absolute atomic E-state index is 0.0369. The van der Waals surface area contributed by atoms with Gasteiger partial charge in [-0.3, -0.25) is 15.2 Å². The number of amides is 1. The molecule has 28 heavy (non-hydrogen) atoms. The molecule has 9 heteroatoms. The van der Waals surface area contributed by atoms with Crippen LogP contribution in [-0.4, -0.2) is 33.4 Å². The van der Waals surface area contributed by atoms with Crippen molar-refractivity contribution in [3.8, 4) is 28.5 Å². The topological polar surface area (TPSA) is 132 Å². The Morgan fingerprint density at radius 2 is 1.86 bits per heavy atom. The first-order valence-corrected chi connectivity index (χ1v) is 8.34. The van der Waals surface area contributed by atoms with Crippen molar-refractivity contribution in [1.82, 2.24) is 20.4 Å². The third kappa shape index (κ3) is 3.28. The number of anilines is 2. The number of nitrogen functional groups attached to an aromatic ring is 1. The summed E-state index contributed by atoms with van der Waals surface area (Å²) in [5.74, 6) is 0.712. The number of aromatic amines is 1. The summed E-state index contributed by atoms with van der Waals surface area (Å²) in [7, 11) is 1.60. The van der Waals surface area contributed by atoms with Gasteiger partial charge in [-0.2, -0.15) is 5.10 Å². The van der Waals surface area contributed by atoms with Crippen molar-refractivity contribution in [3.05, 3.63) is 60.2 Å². The molecule has 4 N–H and O–H groups in total. The summed E-state index contributed by atoms with van der Waals surface area (Å²) in [5.41, 5.74) is 8.35. The van der Waals surface area contributed by atoms with E-state index < -0.39 is 0 Å².